The van der Waals surface area contributed by atoms with Crippen LogP contribution in [0.2, 0.25) is 0 Å². The summed E-state index contributed by atoms with van der Waals surface area (Å²) >= 11 is 3.31. The van der Waals surface area contributed by atoms with Crippen LogP contribution in [-0.4, -0.2) is 17.8 Å². The maximum absolute atomic E-state index is 13.1. The lowest BCUT2D eigenvalue weighted by molar-refractivity contribution is -0.122. The molecule has 7 nitrogen and oxygen atoms in total. The molecule has 8 heteroatoms. The van der Waals surface area contributed by atoms with Gasteiger partial charge in [0.15, 0.2) is 0 Å². The lowest BCUT2D eigenvalue weighted by Crippen LogP contribution is -2.54. The van der Waals surface area contributed by atoms with Gasteiger partial charge in [0.1, 0.15) is 17.9 Å². The molecule has 1 fully saturated rings. The third-order valence-corrected chi connectivity index (χ3v) is 5.46. The summed E-state index contributed by atoms with van der Waals surface area (Å²) in [5.74, 6) is -1.11. The zero-order valence-corrected chi connectivity index (χ0v) is 18.7. The highest BCUT2D eigenvalue weighted by atomic mass is 79.9. The number of nitrogens with zero attached hydrogens (tertiary/aromatic N) is 2. The molecule has 0 atom stereocenters. The number of para-hydroxylation sites is 1. The number of nitrogens with one attached hydrogen (secondary N) is 1. The first-order chi connectivity index (χ1) is 16.0. The van der Waals surface area contributed by atoms with Gasteiger partial charge in [0.05, 0.1) is 17.3 Å². The van der Waals surface area contributed by atoms with Crippen molar-refractivity contribution in [1.82, 2.24) is 5.32 Å². The van der Waals surface area contributed by atoms with Crippen molar-refractivity contribution in [1.29, 1.82) is 5.26 Å². The fraction of sp³-hybridized carbons (Fsp3) is 0.0400. The molecule has 4 amide bonds. The first-order valence-corrected chi connectivity index (χ1v) is 10.6. The Kier molecular flexibility index (Phi) is 6.33. The lowest BCUT2D eigenvalue weighted by atomic mass is 10.1. The van der Waals surface area contributed by atoms with Gasteiger partial charge in [-0.15, -0.1) is 0 Å². The van der Waals surface area contributed by atoms with Crippen LogP contribution in [0.15, 0.2) is 82.8 Å². The second-order valence-electron chi connectivity index (χ2n) is 7.03. The summed E-state index contributed by atoms with van der Waals surface area (Å²) < 4.78 is 6.68. The number of hydrogen-bond donors (Lipinski definition) is 1. The Morgan fingerprint density at radius 3 is 2.42 bits per heavy atom. The minimum atomic E-state index is -0.817. The average Bonchev–Trinajstić information content (AvgIpc) is 2.82. The minimum Gasteiger partial charge on any atom is -0.488 e. The number of imide groups is 2. The molecule has 0 aliphatic carbocycles. The molecule has 1 aliphatic rings. The summed E-state index contributed by atoms with van der Waals surface area (Å²) in [7, 11) is 0. The van der Waals surface area contributed by atoms with Gasteiger partial charge < -0.3 is 4.74 Å². The van der Waals surface area contributed by atoms with Gasteiger partial charge in [0.25, 0.3) is 11.8 Å². The predicted octanol–water partition coefficient (Wildman–Crippen LogP) is 4.57. The monoisotopic (exact) mass is 501 g/mol. The van der Waals surface area contributed by atoms with Crippen molar-refractivity contribution in [2.45, 2.75) is 6.61 Å². The van der Waals surface area contributed by atoms with Crippen LogP contribution in [0.25, 0.3) is 6.08 Å². The molecule has 33 heavy (non-hydrogen) atoms. The molecule has 162 valence electrons. The maximum atomic E-state index is 13.1. The SMILES string of the molecule is N#Cc1ccccc1COc1ccccc1/C=C1\C(=O)NC(=O)N(c2ccc(Br)cc2)C1=O. The number of nitriles is 1. The number of carbonyl (C=O) groups excluding carboxylic acids is 3. The van der Waals surface area contributed by atoms with E-state index < -0.39 is 17.8 Å². The molecule has 3 aromatic rings. The third kappa shape index (κ3) is 4.68. The molecule has 1 aliphatic heterocycles. The van der Waals surface area contributed by atoms with Gasteiger partial charge >= 0.3 is 6.03 Å². The van der Waals surface area contributed by atoms with Crippen molar-refractivity contribution < 1.29 is 19.1 Å². The molecule has 1 heterocycles. The van der Waals surface area contributed by atoms with Gasteiger partial charge in [-0.3, -0.25) is 14.9 Å². The molecule has 0 spiro atoms. The van der Waals surface area contributed by atoms with Crippen LogP contribution in [0.3, 0.4) is 0 Å². The van der Waals surface area contributed by atoms with Crippen molar-refractivity contribution in [2.75, 3.05) is 4.90 Å². The average molecular weight is 502 g/mol. The standard InChI is InChI=1S/C25H16BrN3O4/c26-19-9-11-20(12-10-19)29-24(31)21(23(30)28-25(29)32)13-16-5-3-4-8-22(16)33-15-18-7-2-1-6-17(18)14-27/h1-13H,15H2,(H,28,30,32)/b21-13+. The fourth-order valence-corrected chi connectivity index (χ4v) is 3.54. The van der Waals surface area contributed by atoms with Crippen molar-refractivity contribution in [2.24, 2.45) is 0 Å². The van der Waals surface area contributed by atoms with Gasteiger partial charge in [-0.05, 0) is 42.5 Å². The number of anilines is 1. The molecule has 0 saturated carbocycles. The molecule has 4 rings (SSSR count). The van der Waals surface area contributed by atoms with Crippen LogP contribution in [0, 0.1) is 11.3 Å². The normalized spacial score (nSPS) is 14.7. The molecule has 1 saturated heterocycles. The summed E-state index contributed by atoms with van der Waals surface area (Å²) in [6, 6.07) is 21.8. The van der Waals surface area contributed by atoms with E-state index in [1.807, 2.05) is 6.07 Å². The smallest absolute Gasteiger partial charge is 0.335 e. The van der Waals surface area contributed by atoms with Crippen LogP contribution in [0.1, 0.15) is 16.7 Å². The number of barbiturate groups is 1. The first-order valence-electron chi connectivity index (χ1n) is 9.85. The van der Waals surface area contributed by atoms with Gasteiger partial charge in [-0.25, -0.2) is 9.69 Å². The summed E-state index contributed by atoms with van der Waals surface area (Å²) in [4.78, 5) is 38.9. The van der Waals surface area contributed by atoms with E-state index in [1.54, 1.807) is 66.7 Å². The van der Waals surface area contributed by atoms with Gasteiger partial charge in [-0.1, -0.05) is 52.3 Å². The van der Waals surface area contributed by atoms with Crippen LogP contribution >= 0.6 is 15.9 Å². The summed E-state index contributed by atoms with van der Waals surface area (Å²) in [6.45, 7) is 0.133. The number of amides is 4. The number of benzene rings is 3. The lowest BCUT2D eigenvalue weighted by Gasteiger charge is -2.26. The Morgan fingerprint density at radius 2 is 1.67 bits per heavy atom. The topological polar surface area (TPSA) is 99.5 Å². The Hall–Kier alpha value is -4.22. The quantitative estimate of drug-likeness (QED) is 0.407. The summed E-state index contributed by atoms with van der Waals surface area (Å²) in [5.41, 5.74) is 1.82. The van der Waals surface area contributed by atoms with E-state index >= 15 is 0 Å². The number of halogens is 1. The largest absolute Gasteiger partial charge is 0.488 e. The fourth-order valence-electron chi connectivity index (χ4n) is 3.28. The van der Waals surface area contributed by atoms with E-state index in [-0.39, 0.29) is 12.2 Å². The van der Waals surface area contributed by atoms with Gasteiger partial charge in [0.2, 0.25) is 0 Å². The highest BCUT2D eigenvalue weighted by molar-refractivity contribution is 9.10. The van der Waals surface area contributed by atoms with E-state index in [4.69, 9.17) is 4.74 Å². The Labute approximate surface area is 198 Å². The molecule has 0 radical (unpaired) electrons. The second kappa shape index (κ2) is 9.51. The molecular formula is C25H16BrN3O4. The highest BCUT2D eigenvalue weighted by Gasteiger charge is 2.36. The molecule has 0 bridgehead atoms. The third-order valence-electron chi connectivity index (χ3n) is 4.93. The van der Waals surface area contributed by atoms with E-state index in [1.165, 1.54) is 6.08 Å². The zero-order valence-electron chi connectivity index (χ0n) is 17.1. The zero-order chi connectivity index (χ0) is 23.4. The Bertz CT molecular complexity index is 1330. The molecular weight excluding hydrogens is 486 g/mol. The van der Waals surface area contributed by atoms with Crippen LogP contribution in [-0.2, 0) is 16.2 Å². The summed E-state index contributed by atoms with van der Waals surface area (Å²) in [5, 5.41) is 11.5. The number of carbonyl (C=O) groups is 3. The van der Waals surface area contributed by atoms with E-state index in [2.05, 4.69) is 27.3 Å². The van der Waals surface area contributed by atoms with Crippen molar-refractivity contribution >= 4 is 45.5 Å². The second-order valence-corrected chi connectivity index (χ2v) is 7.95. The molecule has 1 N–H and O–H groups in total. The number of rotatable bonds is 5. The van der Waals surface area contributed by atoms with Crippen LogP contribution < -0.4 is 15.0 Å². The molecule has 3 aromatic carbocycles. The Balaban J connectivity index is 1.64. The van der Waals surface area contributed by atoms with E-state index in [9.17, 15) is 19.6 Å². The maximum Gasteiger partial charge on any atom is 0.335 e. The molecule has 0 aromatic heterocycles. The van der Waals surface area contributed by atoms with Gasteiger partial charge in [0, 0.05) is 15.6 Å². The highest BCUT2D eigenvalue weighted by Crippen LogP contribution is 2.27. The van der Waals surface area contributed by atoms with Crippen LogP contribution in [0.4, 0.5) is 10.5 Å². The van der Waals surface area contributed by atoms with Crippen LogP contribution in [0.5, 0.6) is 5.75 Å². The Morgan fingerprint density at radius 1 is 0.970 bits per heavy atom. The van der Waals surface area contributed by atoms with E-state index in [0.717, 1.165) is 9.37 Å². The van der Waals surface area contributed by atoms with Crippen molar-refractivity contribution in [3.8, 4) is 11.8 Å². The first kappa shape index (κ1) is 22.0. The molecule has 0 unspecified atom stereocenters. The van der Waals surface area contributed by atoms with E-state index in [0.29, 0.717) is 28.1 Å². The summed E-state index contributed by atoms with van der Waals surface area (Å²) in [6.07, 6.45) is 1.39. The predicted molar refractivity (Wildman–Crippen MR) is 125 cm³/mol. The number of ether oxygens (including phenoxy) is 1. The minimum absolute atomic E-state index is 0.133. The number of urea groups is 1. The van der Waals surface area contributed by atoms with Crippen molar-refractivity contribution in [3.05, 3.63) is 99.5 Å². The van der Waals surface area contributed by atoms with Gasteiger partial charge in [-0.2, -0.15) is 5.26 Å². The number of hydrogen-bond acceptors (Lipinski definition) is 5. The van der Waals surface area contributed by atoms with Crippen molar-refractivity contribution in [3.63, 3.8) is 0 Å².